The molecule has 3 saturated heterocycles. The van der Waals surface area contributed by atoms with Crippen LogP contribution in [0.2, 0.25) is 0 Å². The molecule has 0 aromatic carbocycles. The molecule has 0 radical (unpaired) electrons. The maximum absolute atomic E-state index is 14.5. The summed E-state index contributed by atoms with van der Waals surface area (Å²) in [5, 5.41) is 10.2. The first-order valence-corrected chi connectivity index (χ1v) is 16.2. The molecule has 232 valence electrons. The van der Waals surface area contributed by atoms with E-state index >= 15 is 0 Å². The molecule has 1 amide bonds. The van der Waals surface area contributed by atoms with Crippen LogP contribution in [0, 0.1) is 23.2 Å². The van der Waals surface area contributed by atoms with Gasteiger partial charge in [-0.05, 0) is 49.3 Å². The Morgan fingerprint density at radius 1 is 1.27 bits per heavy atom. The van der Waals surface area contributed by atoms with Crippen molar-refractivity contribution < 1.29 is 18.7 Å². The first-order valence-electron chi connectivity index (χ1n) is 16.2. The van der Waals surface area contributed by atoms with E-state index in [4.69, 9.17) is 25.2 Å². The van der Waals surface area contributed by atoms with Crippen LogP contribution in [0.25, 0.3) is 0 Å². The van der Waals surface area contributed by atoms with Crippen LogP contribution in [0.15, 0.2) is 35.6 Å². The predicted molar refractivity (Wildman–Crippen MR) is 160 cm³/mol. The quantitative estimate of drug-likeness (QED) is 0.543. The van der Waals surface area contributed by atoms with Gasteiger partial charge in [0.05, 0.1) is 41.5 Å². The zero-order chi connectivity index (χ0) is 30.2. The molecule has 1 aromatic rings. The van der Waals surface area contributed by atoms with Gasteiger partial charge in [-0.15, -0.1) is 0 Å². The number of nitriles is 1. The topological polar surface area (TPSA) is 121 Å². The van der Waals surface area contributed by atoms with Crippen molar-refractivity contribution in [3.63, 3.8) is 0 Å². The Balaban J connectivity index is 1.13. The normalized spacial score (nSPS) is 36.5. The number of ether oxygens (including phenoxy) is 2. The molecule has 3 fully saturated rings. The van der Waals surface area contributed by atoms with E-state index < -0.39 is 17.7 Å². The maximum Gasteiger partial charge on any atom is 0.318 e. The highest BCUT2D eigenvalue weighted by molar-refractivity contribution is 5.82. The Morgan fingerprint density at radius 2 is 2.14 bits per heavy atom. The van der Waals surface area contributed by atoms with E-state index in [0.29, 0.717) is 64.0 Å². The third-order valence-electron chi connectivity index (χ3n) is 11.3. The van der Waals surface area contributed by atoms with E-state index in [1.54, 1.807) is 0 Å². The number of nitrogens with two attached hydrogens (primary N) is 1. The van der Waals surface area contributed by atoms with E-state index in [1.807, 2.05) is 23.3 Å². The minimum absolute atomic E-state index is 0.0949. The Kier molecular flexibility index (Phi) is 6.63. The molecule has 44 heavy (non-hydrogen) atoms. The van der Waals surface area contributed by atoms with Crippen LogP contribution in [0.4, 0.5) is 10.2 Å². The molecule has 0 saturated carbocycles. The van der Waals surface area contributed by atoms with Crippen LogP contribution in [0.5, 0.6) is 6.01 Å². The summed E-state index contributed by atoms with van der Waals surface area (Å²) in [7, 11) is 0. The lowest BCUT2D eigenvalue weighted by molar-refractivity contribution is -0.128. The van der Waals surface area contributed by atoms with Gasteiger partial charge in [0.1, 0.15) is 18.6 Å². The number of fused-ring (bicyclic) bond motifs is 3. The van der Waals surface area contributed by atoms with Crippen LogP contribution < -0.4 is 15.4 Å². The monoisotopic (exact) mass is 601 g/mol. The molecule has 0 bridgehead atoms. The van der Waals surface area contributed by atoms with Gasteiger partial charge in [-0.1, -0.05) is 25.2 Å². The third-order valence-corrected chi connectivity index (χ3v) is 11.3. The minimum Gasteiger partial charge on any atom is -0.461 e. The summed E-state index contributed by atoms with van der Waals surface area (Å²) in [6.07, 6.45) is 12.1. The molecule has 10 nitrogen and oxygen atoms in total. The zero-order valence-corrected chi connectivity index (χ0v) is 25.3. The lowest BCUT2D eigenvalue weighted by Gasteiger charge is -2.49. The van der Waals surface area contributed by atoms with Crippen molar-refractivity contribution in [2.75, 3.05) is 37.7 Å². The first-order chi connectivity index (χ1) is 21.3. The molecule has 6 heterocycles. The molecule has 8 rings (SSSR count). The molecule has 6 atom stereocenters. The summed E-state index contributed by atoms with van der Waals surface area (Å²) in [6.45, 7) is 5.56. The van der Waals surface area contributed by atoms with Gasteiger partial charge in [0.2, 0.25) is 5.91 Å². The number of rotatable bonds is 5. The average molecular weight is 602 g/mol. The number of carbonyl (C=O) groups is 1. The third kappa shape index (κ3) is 4.32. The van der Waals surface area contributed by atoms with Gasteiger partial charge in [-0.2, -0.15) is 15.2 Å². The van der Waals surface area contributed by atoms with Gasteiger partial charge in [0.25, 0.3) is 0 Å². The molecule has 5 aliphatic heterocycles. The molecular weight excluding hydrogens is 561 g/mol. The van der Waals surface area contributed by atoms with Crippen molar-refractivity contribution in [1.29, 1.82) is 5.26 Å². The van der Waals surface area contributed by atoms with Gasteiger partial charge >= 0.3 is 6.01 Å². The largest absolute Gasteiger partial charge is 0.461 e. The summed E-state index contributed by atoms with van der Waals surface area (Å²) in [5.74, 6) is 0.763. The number of hydrogen-bond donors (Lipinski definition) is 1. The van der Waals surface area contributed by atoms with Crippen LogP contribution >= 0.6 is 0 Å². The lowest BCUT2D eigenvalue weighted by Crippen LogP contribution is -2.59. The second-order valence-electron chi connectivity index (χ2n) is 13.9. The Hall–Kier alpha value is -3.33. The van der Waals surface area contributed by atoms with Gasteiger partial charge in [-0.25, -0.2) is 4.39 Å². The SMILES string of the molecule is CC1CCC2(Cc3nc(OCC45CCCN4CC(F)C5)nc(N4CC(N5C=CCC5=O)C4)c3CO2)C2=C1C=CC(N)C2C#N. The van der Waals surface area contributed by atoms with Gasteiger partial charge < -0.3 is 25.0 Å². The Labute approximate surface area is 257 Å². The summed E-state index contributed by atoms with van der Waals surface area (Å²) >= 11 is 0. The fourth-order valence-electron chi connectivity index (χ4n) is 8.87. The smallest absolute Gasteiger partial charge is 0.318 e. The molecule has 6 unspecified atom stereocenters. The molecule has 2 aliphatic carbocycles. The van der Waals surface area contributed by atoms with Crippen molar-refractivity contribution in [2.24, 2.45) is 17.6 Å². The highest BCUT2D eigenvalue weighted by atomic mass is 19.1. The van der Waals surface area contributed by atoms with Crippen molar-refractivity contribution in [1.82, 2.24) is 19.8 Å². The summed E-state index contributed by atoms with van der Waals surface area (Å²) < 4.78 is 27.7. The molecule has 7 aliphatic rings. The second kappa shape index (κ2) is 10.4. The minimum atomic E-state index is -0.837. The fourth-order valence-corrected chi connectivity index (χ4v) is 8.87. The van der Waals surface area contributed by atoms with E-state index in [0.717, 1.165) is 60.4 Å². The van der Waals surface area contributed by atoms with Gasteiger partial charge in [0, 0.05) is 56.7 Å². The summed E-state index contributed by atoms with van der Waals surface area (Å²) in [4.78, 5) is 28.5. The predicted octanol–water partition coefficient (Wildman–Crippen LogP) is 2.94. The number of allylic oxidation sites excluding steroid dienone is 2. The van der Waals surface area contributed by atoms with E-state index in [-0.39, 0.29) is 23.5 Å². The van der Waals surface area contributed by atoms with Crippen molar-refractivity contribution in [3.05, 3.63) is 46.8 Å². The Bertz CT molecular complexity index is 1510. The number of anilines is 1. The highest BCUT2D eigenvalue weighted by Gasteiger charge is 2.51. The van der Waals surface area contributed by atoms with Crippen LogP contribution in [-0.2, 0) is 22.6 Å². The second-order valence-corrected chi connectivity index (χ2v) is 13.9. The van der Waals surface area contributed by atoms with E-state index in [2.05, 4.69) is 28.9 Å². The molecular formula is C33H40FN7O3. The highest BCUT2D eigenvalue weighted by Crippen LogP contribution is 2.51. The summed E-state index contributed by atoms with van der Waals surface area (Å²) in [5.41, 5.74) is 9.44. The number of alkyl halides is 1. The van der Waals surface area contributed by atoms with Crippen LogP contribution in [0.3, 0.4) is 0 Å². The average Bonchev–Trinajstić information content (AvgIpc) is 3.66. The van der Waals surface area contributed by atoms with E-state index in [9.17, 15) is 14.4 Å². The summed E-state index contributed by atoms with van der Waals surface area (Å²) in [6, 6.07) is 2.50. The number of carbonyl (C=O) groups excluding carboxylic acids is 1. The molecule has 1 aromatic heterocycles. The Morgan fingerprint density at radius 3 is 2.93 bits per heavy atom. The van der Waals surface area contributed by atoms with Crippen molar-refractivity contribution in [3.8, 4) is 12.1 Å². The van der Waals surface area contributed by atoms with Gasteiger partial charge in [-0.3, -0.25) is 9.69 Å². The van der Waals surface area contributed by atoms with E-state index in [1.165, 1.54) is 0 Å². The number of nitrogens with zero attached hydrogens (tertiary/aromatic N) is 6. The van der Waals surface area contributed by atoms with Crippen LogP contribution in [-0.4, -0.2) is 87.9 Å². The fraction of sp³-hybridized carbons (Fsp3) is 0.636. The van der Waals surface area contributed by atoms with Crippen molar-refractivity contribution in [2.45, 2.75) is 87.9 Å². The standard InChI is InChI=1S/C33H40FN7O3/c1-20-7-9-33(29-23(20)5-6-26(36)24(29)14-35)13-27-25(18-44-33)30(39-16-22(17-39)41-11-2-4-28(41)42)38-31(37-27)43-19-32-8-3-10-40(32)15-21(34)12-32/h2,5-6,11,20-22,24,26H,3-4,7-10,12-13,15-19,36H2,1H3. The number of hydrogen-bond acceptors (Lipinski definition) is 9. The van der Waals surface area contributed by atoms with Gasteiger partial charge in [0.15, 0.2) is 0 Å². The lowest BCUT2D eigenvalue weighted by atomic mass is 9.64. The van der Waals surface area contributed by atoms with Crippen molar-refractivity contribution >= 4 is 11.7 Å². The number of amides is 1. The number of halogens is 1. The molecule has 11 heteroatoms. The zero-order valence-electron chi connectivity index (χ0n) is 25.3. The maximum atomic E-state index is 14.5. The molecule has 2 N–H and O–H groups in total. The molecule has 1 spiro atoms. The first kappa shape index (κ1) is 28.2. The number of aromatic nitrogens is 2. The van der Waals surface area contributed by atoms with Crippen LogP contribution in [0.1, 0.15) is 56.7 Å².